The van der Waals surface area contributed by atoms with E-state index < -0.39 is 0 Å². The lowest BCUT2D eigenvalue weighted by atomic mass is 10.1. The van der Waals surface area contributed by atoms with Gasteiger partial charge in [-0.15, -0.1) is 0 Å². The summed E-state index contributed by atoms with van der Waals surface area (Å²) in [6.45, 7) is 1.07. The van der Waals surface area contributed by atoms with Crippen LogP contribution < -0.4 is 10.1 Å². The molecule has 0 radical (unpaired) electrons. The van der Waals surface area contributed by atoms with Gasteiger partial charge in [-0.25, -0.2) is 0 Å². The van der Waals surface area contributed by atoms with Crippen LogP contribution in [-0.4, -0.2) is 23.4 Å². The predicted octanol–water partition coefficient (Wildman–Crippen LogP) is 3.28. The minimum atomic E-state index is 0.346. The number of halogens is 1. The first-order valence-electron chi connectivity index (χ1n) is 6.81. The molecule has 1 aliphatic rings. The van der Waals surface area contributed by atoms with Gasteiger partial charge in [-0.2, -0.15) is 5.10 Å². The van der Waals surface area contributed by atoms with Gasteiger partial charge in [0.25, 0.3) is 0 Å². The molecule has 1 unspecified atom stereocenters. The van der Waals surface area contributed by atoms with Crippen molar-refractivity contribution in [2.24, 2.45) is 7.05 Å². The molecule has 0 spiro atoms. The van der Waals surface area contributed by atoms with Crippen molar-refractivity contribution < 1.29 is 4.74 Å². The van der Waals surface area contributed by atoms with Gasteiger partial charge in [-0.05, 0) is 47.4 Å². The summed E-state index contributed by atoms with van der Waals surface area (Å²) in [5, 5.41) is 8.19. The fourth-order valence-electron chi connectivity index (χ4n) is 2.79. The third-order valence-corrected chi connectivity index (χ3v) is 4.55. The second-order valence-electron chi connectivity index (χ2n) is 5.02. The highest BCUT2D eigenvalue weighted by atomic mass is 79.9. The number of hydrogen-bond donors (Lipinski definition) is 1. The Kier molecular flexibility index (Phi) is 3.81. The molecule has 0 aliphatic carbocycles. The quantitative estimate of drug-likeness (QED) is 0.935. The van der Waals surface area contributed by atoms with Crippen molar-refractivity contribution in [3.8, 4) is 17.0 Å². The zero-order valence-electron chi connectivity index (χ0n) is 11.7. The van der Waals surface area contributed by atoms with Crippen molar-refractivity contribution in [2.75, 3.05) is 13.7 Å². The van der Waals surface area contributed by atoms with E-state index in [4.69, 9.17) is 9.84 Å². The third-order valence-electron chi connectivity index (χ3n) is 3.77. The van der Waals surface area contributed by atoms with Crippen LogP contribution in [0.25, 0.3) is 11.3 Å². The van der Waals surface area contributed by atoms with Gasteiger partial charge in [0.05, 0.1) is 29.0 Å². The predicted molar refractivity (Wildman–Crippen MR) is 82.9 cm³/mol. The van der Waals surface area contributed by atoms with Gasteiger partial charge in [-0.3, -0.25) is 4.68 Å². The highest BCUT2D eigenvalue weighted by molar-refractivity contribution is 9.10. The molecule has 1 aromatic carbocycles. The van der Waals surface area contributed by atoms with Crippen LogP contribution in [0, 0.1) is 0 Å². The average Bonchev–Trinajstić information content (AvgIpc) is 3.07. The first-order valence-corrected chi connectivity index (χ1v) is 7.61. The topological polar surface area (TPSA) is 39.1 Å². The van der Waals surface area contributed by atoms with Gasteiger partial charge in [0.1, 0.15) is 5.75 Å². The number of aromatic nitrogens is 2. The van der Waals surface area contributed by atoms with E-state index in [9.17, 15) is 0 Å². The monoisotopic (exact) mass is 335 g/mol. The summed E-state index contributed by atoms with van der Waals surface area (Å²) in [7, 11) is 3.67. The molecule has 0 saturated carbocycles. The first-order chi connectivity index (χ1) is 9.72. The van der Waals surface area contributed by atoms with E-state index in [0.717, 1.165) is 40.1 Å². The van der Waals surface area contributed by atoms with Crippen LogP contribution in [-0.2, 0) is 7.05 Å². The molecule has 1 N–H and O–H groups in total. The number of hydrogen-bond acceptors (Lipinski definition) is 3. The summed E-state index contributed by atoms with van der Waals surface area (Å²) in [6.07, 6.45) is 2.35. The maximum Gasteiger partial charge on any atom is 0.128 e. The number of rotatable bonds is 3. The summed E-state index contributed by atoms with van der Waals surface area (Å²) < 4.78 is 8.45. The van der Waals surface area contributed by atoms with E-state index in [-0.39, 0.29) is 0 Å². The van der Waals surface area contributed by atoms with Crippen molar-refractivity contribution >= 4 is 15.9 Å². The molecule has 4 nitrogen and oxygen atoms in total. The standard InChI is InChI=1S/C15H18BrN3O/c1-19-15(10-6-3-4-8-12(10)20-2)13(16)14(18-19)11-7-5-9-17-11/h3-4,6,8,11,17H,5,7,9H2,1-2H3. The van der Waals surface area contributed by atoms with Gasteiger partial charge >= 0.3 is 0 Å². The van der Waals surface area contributed by atoms with E-state index >= 15 is 0 Å². The van der Waals surface area contributed by atoms with E-state index in [0.29, 0.717) is 6.04 Å². The summed E-state index contributed by atoms with van der Waals surface area (Å²) in [4.78, 5) is 0. The minimum absolute atomic E-state index is 0.346. The first kappa shape index (κ1) is 13.6. The Bertz CT molecular complexity index is 618. The molecule has 1 saturated heterocycles. The zero-order chi connectivity index (χ0) is 14.1. The highest BCUT2D eigenvalue weighted by Crippen LogP contribution is 2.39. The highest BCUT2D eigenvalue weighted by Gasteiger charge is 2.26. The smallest absolute Gasteiger partial charge is 0.128 e. The maximum absolute atomic E-state index is 5.47. The minimum Gasteiger partial charge on any atom is -0.496 e. The van der Waals surface area contributed by atoms with Crippen molar-refractivity contribution in [1.82, 2.24) is 15.1 Å². The van der Waals surface area contributed by atoms with Gasteiger partial charge < -0.3 is 10.1 Å². The summed E-state index contributed by atoms with van der Waals surface area (Å²) in [6, 6.07) is 8.38. The molecule has 1 aromatic heterocycles. The lowest BCUT2D eigenvalue weighted by molar-refractivity contribution is 0.416. The Labute approximate surface area is 127 Å². The van der Waals surface area contributed by atoms with E-state index in [1.165, 1.54) is 6.42 Å². The average molecular weight is 336 g/mol. The van der Waals surface area contributed by atoms with Crippen molar-refractivity contribution in [3.05, 3.63) is 34.4 Å². The number of methoxy groups -OCH3 is 1. The fourth-order valence-corrected chi connectivity index (χ4v) is 3.62. The van der Waals surface area contributed by atoms with Crippen LogP contribution in [0.15, 0.2) is 28.7 Å². The second-order valence-corrected chi connectivity index (χ2v) is 5.81. The largest absolute Gasteiger partial charge is 0.496 e. The molecule has 106 valence electrons. The Morgan fingerprint density at radius 2 is 2.20 bits per heavy atom. The number of aryl methyl sites for hydroxylation is 1. The second kappa shape index (κ2) is 5.58. The molecule has 0 bridgehead atoms. The van der Waals surface area contributed by atoms with Gasteiger partial charge in [0.2, 0.25) is 0 Å². The van der Waals surface area contributed by atoms with Crippen LogP contribution in [0.1, 0.15) is 24.6 Å². The summed E-state index contributed by atoms with van der Waals surface area (Å²) in [5.41, 5.74) is 3.21. The molecule has 1 atom stereocenters. The van der Waals surface area contributed by atoms with Gasteiger partial charge in [0.15, 0.2) is 0 Å². The van der Waals surface area contributed by atoms with Crippen LogP contribution in [0.2, 0.25) is 0 Å². The number of para-hydroxylation sites is 1. The number of benzene rings is 1. The number of nitrogens with one attached hydrogen (secondary N) is 1. The van der Waals surface area contributed by atoms with Crippen molar-refractivity contribution in [1.29, 1.82) is 0 Å². The van der Waals surface area contributed by atoms with E-state index in [2.05, 4.69) is 27.3 Å². The zero-order valence-corrected chi connectivity index (χ0v) is 13.3. The number of ether oxygens (including phenoxy) is 1. The lowest BCUT2D eigenvalue weighted by Gasteiger charge is -2.09. The van der Waals surface area contributed by atoms with Crippen LogP contribution in [0.4, 0.5) is 0 Å². The Morgan fingerprint density at radius 1 is 1.40 bits per heavy atom. The molecule has 2 aromatic rings. The molecule has 20 heavy (non-hydrogen) atoms. The molecular weight excluding hydrogens is 318 g/mol. The van der Waals surface area contributed by atoms with Crippen molar-refractivity contribution in [2.45, 2.75) is 18.9 Å². The van der Waals surface area contributed by atoms with Crippen LogP contribution in [0.5, 0.6) is 5.75 Å². The Hall–Kier alpha value is -1.33. The third kappa shape index (κ3) is 2.25. The Morgan fingerprint density at radius 3 is 2.90 bits per heavy atom. The molecule has 1 aliphatic heterocycles. The van der Waals surface area contributed by atoms with Gasteiger partial charge in [-0.1, -0.05) is 12.1 Å². The fraction of sp³-hybridized carbons (Fsp3) is 0.400. The molecule has 2 heterocycles. The SMILES string of the molecule is COc1ccccc1-c1c(Br)c(C2CCCN2)nn1C. The van der Waals surface area contributed by atoms with Crippen LogP contribution >= 0.6 is 15.9 Å². The lowest BCUT2D eigenvalue weighted by Crippen LogP contribution is -2.14. The molecule has 5 heteroatoms. The molecule has 1 fully saturated rings. The summed E-state index contributed by atoms with van der Waals surface area (Å²) in [5.74, 6) is 0.863. The van der Waals surface area contributed by atoms with Crippen LogP contribution in [0.3, 0.4) is 0 Å². The van der Waals surface area contributed by atoms with Crippen molar-refractivity contribution in [3.63, 3.8) is 0 Å². The maximum atomic E-state index is 5.47. The van der Waals surface area contributed by atoms with Gasteiger partial charge in [0, 0.05) is 12.6 Å². The van der Waals surface area contributed by atoms with E-state index in [1.807, 2.05) is 29.9 Å². The Balaban J connectivity index is 2.10. The number of nitrogens with zero attached hydrogens (tertiary/aromatic N) is 2. The molecule has 3 rings (SSSR count). The molecular formula is C15H18BrN3O. The summed E-state index contributed by atoms with van der Waals surface area (Å²) >= 11 is 3.73. The normalized spacial score (nSPS) is 18.4. The molecule has 0 amide bonds. The van der Waals surface area contributed by atoms with E-state index in [1.54, 1.807) is 7.11 Å².